The second kappa shape index (κ2) is 9.19. The zero-order valence-corrected chi connectivity index (χ0v) is 12.8. The molecule has 2 N–H and O–H groups in total. The van der Waals surface area contributed by atoms with Crippen LogP contribution in [-0.4, -0.2) is 46.0 Å². The van der Waals surface area contributed by atoms with Crippen molar-refractivity contribution in [3.63, 3.8) is 0 Å². The van der Waals surface area contributed by atoms with E-state index in [9.17, 15) is 8.42 Å². The van der Waals surface area contributed by atoms with Gasteiger partial charge in [0, 0.05) is 25.9 Å². The van der Waals surface area contributed by atoms with Crippen molar-refractivity contribution in [2.45, 2.75) is 45.6 Å². The molecule has 0 saturated heterocycles. The van der Waals surface area contributed by atoms with Gasteiger partial charge in [0.15, 0.2) is 5.96 Å². The van der Waals surface area contributed by atoms with Gasteiger partial charge in [-0.2, -0.15) is 0 Å². The van der Waals surface area contributed by atoms with E-state index in [4.69, 9.17) is 0 Å². The fourth-order valence-electron chi connectivity index (χ4n) is 1.47. The van der Waals surface area contributed by atoms with Crippen LogP contribution in [0, 0.1) is 0 Å². The molecule has 0 aliphatic rings. The van der Waals surface area contributed by atoms with Crippen LogP contribution in [0.15, 0.2) is 4.99 Å². The highest BCUT2D eigenvalue weighted by atomic mass is 32.2. The lowest BCUT2D eigenvalue weighted by Crippen LogP contribution is -2.43. The molecule has 0 amide bonds. The van der Waals surface area contributed by atoms with Gasteiger partial charge < -0.3 is 10.6 Å². The molecule has 0 aliphatic heterocycles. The van der Waals surface area contributed by atoms with Crippen LogP contribution in [0.5, 0.6) is 0 Å². The molecule has 0 heterocycles. The zero-order valence-electron chi connectivity index (χ0n) is 12.0. The molecule has 1 atom stereocenters. The summed E-state index contributed by atoms with van der Waals surface area (Å²) in [7, 11) is -1.17. The number of guanidine groups is 1. The van der Waals surface area contributed by atoms with Crippen LogP contribution in [0.25, 0.3) is 0 Å². The van der Waals surface area contributed by atoms with E-state index in [2.05, 4.69) is 22.5 Å². The van der Waals surface area contributed by atoms with Crippen molar-refractivity contribution < 1.29 is 8.42 Å². The number of rotatable bonds is 8. The molecule has 0 radical (unpaired) electrons. The highest BCUT2D eigenvalue weighted by Gasteiger charge is 2.09. The van der Waals surface area contributed by atoms with E-state index in [1.807, 2.05) is 6.92 Å². The Hall–Kier alpha value is -0.780. The first-order valence-electron chi connectivity index (χ1n) is 6.54. The normalized spacial score (nSPS) is 14.3. The van der Waals surface area contributed by atoms with Crippen molar-refractivity contribution in [3.05, 3.63) is 0 Å². The monoisotopic (exact) mass is 277 g/mol. The number of nitrogens with one attached hydrogen (secondary N) is 2. The fourth-order valence-corrected chi connectivity index (χ4v) is 2.25. The molecule has 6 heteroatoms. The van der Waals surface area contributed by atoms with Gasteiger partial charge >= 0.3 is 0 Å². The van der Waals surface area contributed by atoms with Crippen LogP contribution in [0.4, 0.5) is 0 Å². The fraction of sp³-hybridized carbons (Fsp3) is 0.917. The number of hydrogen-bond donors (Lipinski definition) is 2. The molecule has 0 aromatic carbocycles. The van der Waals surface area contributed by atoms with Crippen LogP contribution >= 0.6 is 0 Å². The van der Waals surface area contributed by atoms with Gasteiger partial charge in [0.2, 0.25) is 0 Å². The summed E-state index contributed by atoms with van der Waals surface area (Å²) < 4.78 is 22.1. The van der Waals surface area contributed by atoms with Crippen molar-refractivity contribution in [2.24, 2.45) is 4.99 Å². The molecule has 18 heavy (non-hydrogen) atoms. The summed E-state index contributed by atoms with van der Waals surface area (Å²) in [6, 6.07) is 0.0945. The minimum atomic E-state index is -2.89. The Kier molecular flexibility index (Phi) is 8.79. The van der Waals surface area contributed by atoms with Gasteiger partial charge in [-0.15, -0.1) is 0 Å². The van der Waals surface area contributed by atoms with Crippen LogP contribution < -0.4 is 10.6 Å². The van der Waals surface area contributed by atoms with Gasteiger partial charge in [-0.25, -0.2) is 8.42 Å². The Morgan fingerprint density at radius 2 is 2.00 bits per heavy atom. The van der Waals surface area contributed by atoms with E-state index in [1.54, 1.807) is 7.05 Å². The topological polar surface area (TPSA) is 70.6 Å². The lowest BCUT2D eigenvalue weighted by atomic mass is 10.2. The number of nitrogens with zero attached hydrogens (tertiary/aromatic N) is 1. The van der Waals surface area contributed by atoms with E-state index in [1.165, 1.54) is 19.1 Å². The third-order valence-electron chi connectivity index (χ3n) is 2.60. The van der Waals surface area contributed by atoms with E-state index in [-0.39, 0.29) is 11.8 Å². The maximum Gasteiger partial charge on any atom is 0.191 e. The first-order chi connectivity index (χ1) is 8.39. The average Bonchev–Trinajstić information content (AvgIpc) is 2.29. The SMILES string of the molecule is CCCCCNC(=NC)NC(C)CCS(C)(=O)=O. The Balaban J connectivity index is 3.91. The smallest absolute Gasteiger partial charge is 0.191 e. The maximum absolute atomic E-state index is 11.1. The van der Waals surface area contributed by atoms with Gasteiger partial charge in [0.05, 0.1) is 5.75 Å². The molecule has 0 saturated carbocycles. The molecule has 0 spiro atoms. The first-order valence-corrected chi connectivity index (χ1v) is 8.60. The molecular weight excluding hydrogens is 250 g/mol. The Labute approximate surface area is 111 Å². The predicted octanol–water partition coefficient (Wildman–Crippen LogP) is 1.16. The molecule has 0 aromatic rings. The summed E-state index contributed by atoms with van der Waals surface area (Å²) in [6.45, 7) is 5.02. The Morgan fingerprint density at radius 3 is 2.50 bits per heavy atom. The van der Waals surface area contributed by atoms with Gasteiger partial charge in [-0.1, -0.05) is 19.8 Å². The van der Waals surface area contributed by atoms with Gasteiger partial charge in [-0.05, 0) is 19.8 Å². The quantitative estimate of drug-likeness (QED) is 0.397. The highest BCUT2D eigenvalue weighted by molar-refractivity contribution is 7.90. The van der Waals surface area contributed by atoms with Crippen LogP contribution in [0.1, 0.15) is 39.5 Å². The molecule has 5 nitrogen and oxygen atoms in total. The summed E-state index contributed by atoms with van der Waals surface area (Å²) in [5.41, 5.74) is 0. The molecule has 0 aromatic heterocycles. The molecule has 108 valence electrons. The molecule has 0 aliphatic carbocycles. The van der Waals surface area contributed by atoms with Crippen molar-refractivity contribution in [1.82, 2.24) is 10.6 Å². The van der Waals surface area contributed by atoms with E-state index in [0.717, 1.165) is 18.9 Å². The minimum Gasteiger partial charge on any atom is -0.356 e. The summed E-state index contributed by atoms with van der Waals surface area (Å²) in [4.78, 5) is 4.12. The van der Waals surface area contributed by atoms with Crippen LogP contribution in [0.3, 0.4) is 0 Å². The summed E-state index contributed by atoms with van der Waals surface area (Å²) in [5.74, 6) is 0.945. The lowest BCUT2D eigenvalue weighted by Gasteiger charge is -2.17. The minimum absolute atomic E-state index is 0.0945. The largest absolute Gasteiger partial charge is 0.356 e. The number of hydrogen-bond acceptors (Lipinski definition) is 3. The van der Waals surface area contributed by atoms with E-state index >= 15 is 0 Å². The number of aliphatic imine (C=N–C) groups is 1. The van der Waals surface area contributed by atoms with Gasteiger partial charge in [0.1, 0.15) is 9.84 Å². The van der Waals surface area contributed by atoms with Crippen molar-refractivity contribution >= 4 is 15.8 Å². The van der Waals surface area contributed by atoms with Crippen molar-refractivity contribution in [2.75, 3.05) is 25.6 Å². The molecule has 0 bridgehead atoms. The Bertz CT molecular complexity index is 339. The zero-order chi connectivity index (χ0) is 14.0. The third-order valence-corrected chi connectivity index (χ3v) is 3.58. The first kappa shape index (κ1) is 17.2. The molecular formula is C12H27N3O2S. The van der Waals surface area contributed by atoms with Gasteiger partial charge in [0.25, 0.3) is 0 Å². The molecule has 1 unspecified atom stereocenters. The second-order valence-electron chi connectivity index (χ2n) is 4.67. The standard InChI is InChI=1S/C12H27N3O2S/c1-5-6-7-9-14-12(13-3)15-11(2)8-10-18(4,16)17/h11H,5-10H2,1-4H3,(H2,13,14,15). The maximum atomic E-state index is 11.1. The van der Waals surface area contributed by atoms with Crippen molar-refractivity contribution in [1.29, 1.82) is 0 Å². The Morgan fingerprint density at radius 1 is 1.33 bits per heavy atom. The number of sulfone groups is 1. The van der Waals surface area contributed by atoms with Gasteiger partial charge in [-0.3, -0.25) is 4.99 Å². The highest BCUT2D eigenvalue weighted by Crippen LogP contribution is 1.96. The predicted molar refractivity (Wildman–Crippen MR) is 77.8 cm³/mol. The summed E-state index contributed by atoms with van der Waals surface area (Å²) in [6.07, 6.45) is 5.37. The lowest BCUT2D eigenvalue weighted by molar-refractivity contribution is 0.580. The summed E-state index contributed by atoms with van der Waals surface area (Å²) in [5, 5.41) is 6.41. The third kappa shape index (κ3) is 10.4. The second-order valence-corrected chi connectivity index (χ2v) is 6.93. The van der Waals surface area contributed by atoms with E-state index in [0.29, 0.717) is 6.42 Å². The average molecular weight is 277 g/mol. The molecule has 0 fully saturated rings. The van der Waals surface area contributed by atoms with Crippen LogP contribution in [0.2, 0.25) is 0 Å². The van der Waals surface area contributed by atoms with Crippen molar-refractivity contribution in [3.8, 4) is 0 Å². The number of unbranched alkanes of at least 4 members (excludes halogenated alkanes) is 2. The molecule has 0 rings (SSSR count). The van der Waals surface area contributed by atoms with Crippen LogP contribution in [-0.2, 0) is 9.84 Å². The summed E-state index contributed by atoms with van der Waals surface area (Å²) >= 11 is 0. The van der Waals surface area contributed by atoms with E-state index < -0.39 is 9.84 Å².